The lowest BCUT2D eigenvalue weighted by molar-refractivity contribution is -0.118. The van der Waals surface area contributed by atoms with Crippen LogP contribution in [0.5, 0.6) is 0 Å². The predicted octanol–water partition coefficient (Wildman–Crippen LogP) is 6.07. The SMILES string of the molecule is CN(C)CCN(C(=O)CC(c1ccccc1)c1ccccc1)c1nc2ccc(Cl)cc2s1. The highest BCUT2D eigenvalue weighted by Gasteiger charge is 2.25. The highest BCUT2D eigenvalue weighted by atomic mass is 35.5. The Morgan fingerprint density at radius 3 is 2.16 bits per heavy atom. The van der Waals surface area contributed by atoms with Gasteiger partial charge in [0.05, 0.1) is 10.2 Å². The van der Waals surface area contributed by atoms with Gasteiger partial charge in [-0.1, -0.05) is 83.6 Å². The first kappa shape index (κ1) is 22.5. The van der Waals surface area contributed by atoms with Gasteiger partial charge in [0, 0.05) is 30.5 Å². The van der Waals surface area contributed by atoms with Crippen LogP contribution < -0.4 is 4.90 Å². The maximum absolute atomic E-state index is 13.7. The molecule has 164 valence electrons. The molecular weight excluding hydrogens is 438 g/mol. The number of likely N-dealkylation sites (N-methyl/N-ethyl adjacent to an activating group) is 1. The fourth-order valence-electron chi connectivity index (χ4n) is 3.71. The van der Waals surface area contributed by atoms with Gasteiger partial charge < -0.3 is 4.90 Å². The molecule has 0 aliphatic rings. The first-order chi connectivity index (χ1) is 15.5. The predicted molar refractivity (Wildman–Crippen MR) is 135 cm³/mol. The quantitative estimate of drug-likeness (QED) is 0.318. The molecule has 1 amide bonds. The van der Waals surface area contributed by atoms with E-state index in [2.05, 4.69) is 29.2 Å². The summed E-state index contributed by atoms with van der Waals surface area (Å²) >= 11 is 7.68. The number of amides is 1. The molecule has 0 saturated heterocycles. The third-order valence-corrected chi connectivity index (χ3v) is 6.70. The highest BCUT2D eigenvalue weighted by molar-refractivity contribution is 7.22. The summed E-state index contributed by atoms with van der Waals surface area (Å²) in [5.41, 5.74) is 3.13. The number of anilines is 1. The van der Waals surface area contributed by atoms with E-state index < -0.39 is 0 Å². The van der Waals surface area contributed by atoms with E-state index in [1.165, 1.54) is 11.3 Å². The Bertz CT molecular complexity index is 1140. The summed E-state index contributed by atoms with van der Waals surface area (Å²) < 4.78 is 0.984. The number of carbonyl (C=O) groups excluding carboxylic acids is 1. The molecule has 4 aromatic rings. The Labute approximate surface area is 198 Å². The van der Waals surface area contributed by atoms with Crippen LogP contribution in [0.3, 0.4) is 0 Å². The fourth-order valence-corrected chi connectivity index (χ4v) is 5.00. The second kappa shape index (κ2) is 10.3. The van der Waals surface area contributed by atoms with Crippen molar-refractivity contribution >= 4 is 44.2 Å². The smallest absolute Gasteiger partial charge is 0.229 e. The number of fused-ring (bicyclic) bond motifs is 1. The average Bonchev–Trinajstić information content (AvgIpc) is 3.21. The van der Waals surface area contributed by atoms with E-state index in [0.717, 1.165) is 27.9 Å². The Hall–Kier alpha value is -2.73. The van der Waals surface area contributed by atoms with Gasteiger partial charge in [0.15, 0.2) is 5.13 Å². The zero-order valence-corrected chi connectivity index (χ0v) is 19.8. The van der Waals surface area contributed by atoms with E-state index in [9.17, 15) is 4.79 Å². The summed E-state index contributed by atoms with van der Waals surface area (Å²) in [5, 5.41) is 1.39. The van der Waals surface area contributed by atoms with Crippen LogP contribution in [-0.2, 0) is 4.79 Å². The molecule has 0 aliphatic heterocycles. The molecular formula is C26H26ClN3OS. The van der Waals surface area contributed by atoms with E-state index in [1.54, 1.807) is 0 Å². The summed E-state index contributed by atoms with van der Waals surface area (Å²) in [6.07, 6.45) is 0.373. The number of benzene rings is 3. The Morgan fingerprint density at radius 2 is 1.56 bits per heavy atom. The first-order valence-corrected chi connectivity index (χ1v) is 11.8. The Balaban J connectivity index is 1.67. The number of rotatable bonds is 8. The molecule has 6 heteroatoms. The lowest BCUT2D eigenvalue weighted by Crippen LogP contribution is -2.37. The number of carbonyl (C=O) groups is 1. The lowest BCUT2D eigenvalue weighted by Gasteiger charge is -2.25. The molecule has 0 bridgehead atoms. The normalized spacial score (nSPS) is 11.4. The van der Waals surface area contributed by atoms with E-state index in [1.807, 2.05) is 73.6 Å². The molecule has 1 aromatic heterocycles. The standard InChI is InChI=1S/C26H26ClN3OS/c1-29(2)15-16-30(26-28-23-14-13-21(27)17-24(23)32-26)25(31)18-22(19-9-5-3-6-10-19)20-11-7-4-8-12-20/h3-14,17,22H,15-16,18H2,1-2H3. The van der Waals surface area contributed by atoms with Gasteiger partial charge in [-0.05, 0) is 43.4 Å². The van der Waals surface area contributed by atoms with Crippen molar-refractivity contribution in [1.82, 2.24) is 9.88 Å². The number of hydrogen-bond acceptors (Lipinski definition) is 4. The summed E-state index contributed by atoms with van der Waals surface area (Å²) in [6.45, 7) is 1.33. The topological polar surface area (TPSA) is 36.4 Å². The van der Waals surface area contributed by atoms with Gasteiger partial charge in [-0.15, -0.1) is 0 Å². The molecule has 4 nitrogen and oxygen atoms in total. The minimum atomic E-state index is -0.0180. The number of nitrogens with zero attached hydrogens (tertiary/aromatic N) is 3. The Morgan fingerprint density at radius 1 is 0.938 bits per heavy atom. The van der Waals surface area contributed by atoms with Crippen LogP contribution in [0.2, 0.25) is 5.02 Å². The number of aromatic nitrogens is 1. The van der Waals surface area contributed by atoms with Gasteiger partial charge in [0.2, 0.25) is 5.91 Å². The van der Waals surface area contributed by atoms with E-state index >= 15 is 0 Å². The van der Waals surface area contributed by atoms with Gasteiger partial charge in [-0.25, -0.2) is 4.98 Å². The van der Waals surface area contributed by atoms with Crippen LogP contribution in [0, 0.1) is 0 Å². The molecule has 0 aliphatic carbocycles. The monoisotopic (exact) mass is 463 g/mol. The molecule has 1 heterocycles. The van der Waals surface area contributed by atoms with Crippen LogP contribution in [0.25, 0.3) is 10.2 Å². The van der Waals surface area contributed by atoms with Crippen molar-refractivity contribution in [2.45, 2.75) is 12.3 Å². The maximum Gasteiger partial charge on any atom is 0.229 e. The van der Waals surface area contributed by atoms with E-state index in [-0.39, 0.29) is 11.8 Å². The van der Waals surface area contributed by atoms with Crippen molar-refractivity contribution in [3.63, 3.8) is 0 Å². The summed E-state index contributed by atoms with van der Waals surface area (Å²) in [4.78, 5) is 22.4. The van der Waals surface area contributed by atoms with Crippen LogP contribution in [0.1, 0.15) is 23.5 Å². The molecule has 0 N–H and O–H groups in total. The van der Waals surface area contributed by atoms with E-state index in [4.69, 9.17) is 16.6 Å². The fraction of sp³-hybridized carbons (Fsp3) is 0.231. The molecule has 0 fully saturated rings. The second-order valence-corrected chi connectivity index (χ2v) is 9.48. The minimum Gasteiger partial charge on any atom is -0.308 e. The molecule has 0 saturated carbocycles. The van der Waals surface area contributed by atoms with Crippen molar-refractivity contribution in [3.05, 3.63) is 95.0 Å². The van der Waals surface area contributed by atoms with Crippen LogP contribution in [0.4, 0.5) is 5.13 Å². The van der Waals surface area contributed by atoms with Crippen molar-refractivity contribution in [2.24, 2.45) is 0 Å². The highest BCUT2D eigenvalue weighted by Crippen LogP contribution is 2.33. The zero-order valence-electron chi connectivity index (χ0n) is 18.2. The molecule has 0 radical (unpaired) electrons. The van der Waals surface area contributed by atoms with Crippen molar-refractivity contribution in [3.8, 4) is 0 Å². The van der Waals surface area contributed by atoms with Gasteiger partial charge in [-0.3, -0.25) is 9.69 Å². The van der Waals surface area contributed by atoms with Crippen LogP contribution in [-0.4, -0.2) is 43.0 Å². The molecule has 0 unspecified atom stereocenters. The summed E-state index contributed by atoms with van der Waals surface area (Å²) in [7, 11) is 4.02. The first-order valence-electron chi connectivity index (χ1n) is 10.6. The number of hydrogen-bond donors (Lipinski definition) is 0. The number of halogens is 1. The van der Waals surface area contributed by atoms with Gasteiger partial charge in [0.1, 0.15) is 0 Å². The van der Waals surface area contributed by atoms with Crippen molar-refractivity contribution in [1.29, 1.82) is 0 Å². The lowest BCUT2D eigenvalue weighted by atomic mass is 9.88. The molecule has 0 spiro atoms. The molecule has 32 heavy (non-hydrogen) atoms. The zero-order chi connectivity index (χ0) is 22.5. The minimum absolute atomic E-state index is 0.0180. The van der Waals surface area contributed by atoms with Gasteiger partial charge >= 0.3 is 0 Å². The molecule has 3 aromatic carbocycles. The van der Waals surface area contributed by atoms with Gasteiger partial charge in [0.25, 0.3) is 0 Å². The molecule has 4 rings (SSSR count). The maximum atomic E-state index is 13.7. The average molecular weight is 464 g/mol. The van der Waals surface area contributed by atoms with Crippen molar-refractivity contribution in [2.75, 3.05) is 32.1 Å². The third kappa shape index (κ3) is 5.36. The van der Waals surface area contributed by atoms with Crippen LogP contribution >= 0.6 is 22.9 Å². The van der Waals surface area contributed by atoms with E-state index in [0.29, 0.717) is 23.1 Å². The third-order valence-electron chi connectivity index (χ3n) is 5.42. The largest absolute Gasteiger partial charge is 0.308 e. The summed E-state index contributed by atoms with van der Waals surface area (Å²) in [5.74, 6) is 0.0466. The van der Waals surface area contributed by atoms with Crippen molar-refractivity contribution < 1.29 is 4.79 Å². The second-order valence-electron chi connectivity index (χ2n) is 8.04. The summed E-state index contributed by atoms with van der Waals surface area (Å²) in [6, 6.07) is 26.1. The molecule has 0 atom stereocenters. The van der Waals surface area contributed by atoms with Crippen LogP contribution in [0.15, 0.2) is 78.9 Å². The Kier molecular flexibility index (Phi) is 7.20. The van der Waals surface area contributed by atoms with Gasteiger partial charge in [-0.2, -0.15) is 0 Å². The number of thiazole rings is 1.